The maximum Gasteiger partial charge on any atom is 0.338 e. The zero-order valence-corrected chi connectivity index (χ0v) is 17.5. The van der Waals surface area contributed by atoms with Crippen molar-refractivity contribution in [1.29, 1.82) is 0 Å². The van der Waals surface area contributed by atoms with E-state index >= 15 is 0 Å². The number of ether oxygens (including phenoxy) is 1. The lowest BCUT2D eigenvalue weighted by atomic mass is 10.1. The van der Waals surface area contributed by atoms with E-state index in [1.165, 1.54) is 24.3 Å². The van der Waals surface area contributed by atoms with Crippen LogP contribution in [0.2, 0.25) is 10.0 Å². The molecule has 0 fully saturated rings. The SMILES string of the molecule is O=C(OCC(=O)c1ccc(Cl)cc1Cl)c1ccc2c(=O)n3c(nc2c1)CCCCC3. The van der Waals surface area contributed by atoms with Gasteiger partial charge in [0.15, 0.2) is 6.61 Å². The third kappa shape index (κ3) is 4.11. The van der Waals surface area contributed by atoms with Gasteiger partial charge in [-0.25, -0.2) is 9.78 Å². The number of halogens is 2. The second-order valence-electron chi connectivity index (χ2n) is 7.15. The van der Waals surface area contributed by atoms with Crippen LogP contribution < -0.4 is 5.56 Å². The van der Waals surface area contributed by atoms with Gasteiger partial charge in [-0.3, -0.25) is 14.2 Å². The summed E-state index contributed by atoms with van der Waals surface area (Å²) in [6, 6.07) is 9.10. The molecule has 1 aromatic heterocycles. The summed E-state index contributed by atoms with van der Waals surface area (Å²) in [7, 11) is 0. The number of rotatable bonds is 4. The number of hydrogen-bond donors (Lipinski definition) is 0. The number of Topliss-reactive ketones (excluding diaryl/α,β-unsaturated/α-hetero) is 1. The lowest BCUT2D eigenvalue weighted by Crippen LogP contribution is -2.24. The molecule has 0 N–H and O–H groups in total. The molecule has 8 heteroatoms. The normalized spacial score (nSPS) is 13.5. The van der Waals surface area contributed by atoms with Crippen LogP contribution in [0.15, 0.2) is 41.2 Å². The standard InChI is InChI=1S/C22H18Cl2N2O4/c23-14-6-8-15(17(24)11-14)19(27)12-30-22(29)13-5-7-16-18(10-13)25-20-4-2-1-3-9-26(20)21(16)28/h5-8,10-11H,1-4,9,12H2. The summed E-state index contributed by atoms with van der Waals surface area (Å²) in [5.74, 6) is -0.372. The quantitative estimate of drug-likeness (QED) is 0.438. The second-order valence-corrected chi connectivity index (χ2v) is 7.99. The summed E-state index contributed by atoms with van der Waals surface area (Å²) < 4.78 is 6.87. The lowest BCUT2D eigenvalue weighted by Gasteiger charge is -2.11. The van der Waals surface area contributed by atoms with E-state index < -0.39 is 18.4 Å². The number of nitrogens with zero attached hydrogens (tertiary/aromatic N) is 2. The van der Waals surface area contributed by atoms with E-state index in [0.29, 0.717) is 22.5 Å². The van der Waals surface area contributed by atoms with Crippen molar-refractivity contribution in [2.45, 2.75) is 32.2 Å². The molecule has 1 aliphatic heterocycles. The first-order chi connectivity index (χ1) is 14.4. The fourth-order valence-electron chi connectivity index (χ4n) is 3.55. The van der Waals surface area contributed by atoms with Crippen LogP contribution in [0.1, 0.15) is 45.8 Å². The molecule has 0 saturated heterocycles. The van der Waals surface area contributed by atoms with E-state index in [0.717, 1.165) is 31.5 Å². The van der Waals surface area contributed by atoms with Gasteiger partial charge in [0.1, 0.15) is 5.82 Å². The molecule has 154 valence electrons. The number of aromatic nitrogens is 2. The third-order valence-electron chi connectivity index (χ3n) is 5.12. The van der Waals surface area contributed by atoms with E-state index in [1.54, 1.807) is 16.7 Å². The van der Waals surface area contributed by atoms with E-state index in [9.17, 15) is 14.4 Å². The largest absolute Gasteiger partial charge is 0.454 e. The molecule has 30 heavy (non-hydrogen) atoms. The van der Waals surface area contributed by atoms with Crippen LogP contribution in [0.5, 0.6) is 0 Å². The van der Waals surface area contributed by atoms with Gasteiger partial charge in [-0.2, -0.15) is 0 Å². The van der Waals surface area contributed by atoms with Crippen LogP contribution in [-0.2, 0) is 17.7 Å². The zero-order chi connectivity index (χ0) is 21.3. The number of carbonyl (C=O) groups excluding carboxylic acids is 2. The summed E-state index contributed by atoms with van der Waals surface area (Å²) in [5, 5.41) is 1.06. The second kappa shape index (κ2) is 8.58. The third-order valence-corrected chi connectivity index (χ3v) is 5.67. The number of carbonyl (C=O) groups is 2. The predicted octanol–water partition coefficient (Wildman–Crippen LogP) is 4.47. The molecule has 0 aliphatic carbocycles. The summed E-state index contributed by atoms with van der Waals surface area (Å²) in [6.45, 7) is 0.203. The van der Waals surface area contributed by atoms with Gasteiger partial charge in [0.2, 0.25) is 5.78 Å². The van der Waals surface area contributed by atoms with Gasteiger partial charge in [0, 0.05) is 23.6 Å². The van der Waals surface area contributed by atoms with Crippen LogP contribution >= 0.6 is 23.2 Å². The first-order valence-corrected chi connectivity index (χ1v) is 10.4. The Morgan fingerprint density at radius 3 is 2.70 bits per heavy atom. The average molecular weight is 445 g/mol. The van der Waals surface area contributed by atoms with Crippen molar-refractivity contribution in [3.63, 3.8) is 0 Å². The first kappa shape index (κ1) is 20.6. The van der Waals surface area contributed by atoms with Crippen molar-refractivity contribution in [2.75, 3.05) is 6.61 Å². The zero-order valence-electron chi connectivity index (χ0n) is 16.0. The number of ketones is 1. The van der Waals surface area contributed by atoms with E-state index in [1.807, 2.05) is 0 Å². The van der Waals surface area contributed by atoms with Gasteiger partial charge in [-0.05, 0) is 49.2 Å². The number of aryl methyl sites for hydroxylation is 1. The van der Waals surface area contributed by atoms with Gasteiger partial charge in [-0.15, -0.1) is 0 Å². The topological polar surface area (TPSA) is 78.3 Å². The Balaban J connectivity index is 1.55. The van der Waals surface area contributed by atoms with Crippen molar-refractivity contribution in [3.05, 3.63) is 73.7 Å². The first-order valence-electron chi connectivity index (χ1n) is 9.63. The van der Waals surface area contributed by atoms with Gasteiger partial charge in [0.25, 0.3) is 5.56 Å². The van der Waals surface area contributed by atoms with Gasteiger partial charge in [0.05, 0.1) is 21.5 Å². The van der Waals surface area contributed by atoms with Crippen molar-refractivity contribution in [3.8, 4) is 0 Å². The fourth-order valence-corrected chi connectivity index (χ4v) is 4.07. The molecule has 0 atom stereocenters. The van der Waals surface area contributed by atoms with Gasteiger partial charge < -0.3 is 4.74 Å². The molecule has 0 saturated carbocycles. The number of hydrogen-bond acceptors (Lipinski definition) is 5. The van der Waals surface area contributed by atoms with Crippen molar-refractivity contribution in [2.24, 2.45) is 0 Å². The molecular formula is C22H18Cl2N2O4. The highest BCUT2D eigenvalue weighted by Crippen LogP contribution is 2.22. The molecule has 0 radical (unpaired) electrons. The Morgan fingerprint density at radius 2 is 1.90 bits per heavy atom. The minimum atomic E-state index is -0.674. The van der Waals surface area contributed by atoms with Crippen LogP contribution in [0.3, 0.4) is 0 Å². The van der Waals surface area contributed by atoms with Crippen LogP contribution in [-0.4, -0.2) is 27.9 Å². The Morgan fingerprint density at radius 1 is 1.07 bits per heavy atom. The van der Waals surface area contributed by atoms with E-state index in [2.05, 4.69) is 4.98 Å². The Kier molecular flexibility index (Phi) is 5.88. The molecule has 0 amide bonds. The molecule has 0 unspecified atom stereocenters. The van der Waals surface area contributed by atoms with Crippen LogP contribution in [0.4, 0.5) is 0 Å². The highest BCUT2D eigenvalue weighted by Gasteiger charge is 2.18. The summed E-state index contributed by atoms with van der Waals surface area (Å²) in [4.78, 5) is 42.1. The highest BCUT2D eigenvalue weighted by atomic mass is 35.5. The fraction of sp³-hybridized carbons (Fsp3) is 0.273. The molecular weight excluding hydrogens is 427 g/mol. The number of esters is 1. The molecule has 0 spiro atoms. The monoisotopic (exact) mass is 444 g/mol. The van der Waals surface area contributed by atoms with E-state index in [-0.39, 0.29) is 21.7 Å². The maximum absolute atomic E-state index is 12.8. The Bertz CT molecular complexity index is 1220. The van der Waals surface area contributed by atoms with Gasteiger partial charge >= 0.3 is 5.97 Å². The average Bonchev–Trinajstić information content (AvgIpc) is 2.97. The predicted molar refractivity (Wildman–Crippen MR) is 115 cm³/mol. The molecule has 6 nitrogen and oxygen atoms in total. The lowest BCUT2D eigenvalue weighted by molar-refractivity contribution is 0.0475. The smallest absolute Gasteiger partial charge is 0.338 e. The molecule has 3 aromatic rings. The van der Waals surface area contributed by atoms with Crippen molar-refractivity contribution < 1.29 is 14.3 Å². The molecule has 2 heterocycles. The van der Waals surface area contributed by atoms with Crippen LogP contribution in [0, 0.1) is 0 Å². The number of fused-ring (bicyclic) bond motifs is 2. The molecule has 1 aliphatic rings. The Hall–Kier alpha value is -2.70. The Labute approximate surface area is 182 Å². The minimum absolute atomic E-state index is 0.0932. The molecule has 4 rings (SSSR count). The minimum Gasteiger partial charge on any atom is -0.454 e. The van der Waals surface area contributed by atoms with E-state index in [4.69, 9.17) is 27.9 Å². The molecule has 2 aromatic carbocycles. The highest BCUT2D eigenvalue weighted by molar-refractivity contribution is 6.36. The summed E-state index contributed by atoms with van der Waals surface area (Å²) >= 11 is 11.9. The maximum atomic E-state index is 12.8. The van der Waals surface area contributed by atoms with Crippen LogP contribution in [0.25, 0.3) is 10.9 Å². The number of benzene rings is 2. The molecule has 0 bridgehead atoms. The van der Waals surface area contributed by atoms with Crippen molar-refractivity contribution >= 4 is 45.9 Å². The summed E-state index contributed by atoms with van der Waals surface area (Å²) in [6.07, 6.45) is 3.73. The summed E-state index contributed by atoms with van der Waals surface area (Å²) in [5.41, 5.74) is 0.812. The van der Waals surface area contributed by atoms with Crippen molar-refractivity contribution in [1.82, 2.24) is 9.55 Å². The van der Waals surface area contributed by atoms with Gasteiger partial charge in [-0.1, -0.05) is 29.6 Å².